The summed E-state index contributed by atoms with van der Waals surface area (Å²) in [6.45, 7) is 8.33. The summed E-state index contributed by atoms with van der Waals surface area (Å²) in [6, 6.07) is 9.07. The molecule has 0 atom stereocenters. The van der Waals surface area contributed by atoms with Gasteiger partial charge >= 0.3 is 6.09 Å². The number of carbonyl (C=O) groups excluding carboxylic acids is 2. The summed E-state index contributed by atoms with van der Waals surface area (Å²) < 4.78 is 4.84. The van der Waals surface area contributed by atoms with Crippen LogP contribution in [0.5, 0.6) is 0 Å². The maximum absolute atomic E-state index is 13.1. The molecule has 0 radical (unpaired) electrons. The highest BCUT2D eigenvalue weighted by atomic mass is 16.5. The second-order valence-corrected chi connectivity index (χ2v) is 10.6. The number of carbonyl (C=O) groups is 2. The highest BCUT2D eigenvalue weighted by Crippen LogP contribution is 2.56. The molecule has 1 aromatic rings. The van der Waals surface area contributed by atoms with Crippen molar-refractivity contribution in [1.82, 2.24) is 9.80 Å². The lowest BCUT2D eigenvalue weighted by molar-refractivity contribution is -0.143. The van der Waals surface area contributed by atoms with Crippen LogP contribution in [0.3, 0.4) is 0 Å². The van der Waals surface area contributed by atoms with Crippen LogP contribution in [-0.2, 0) is 9.53 Å². The fraction of sp³-hybridized carbons (Fsp3) is 0.680. The lowest BCUT2D eigenvalue weighted by atomic mass is 9.59. The van der Waals surface area contributed by atoms with Gasteiger partial charge in [0.05, 0.1) is 7.11 Å². The molecule has 0 bridgehead atoms. The lowest BCUT2D eigenvalue weighted by Gasteiger charge is -2.50. The minimum absolute atomic E-state index is 0.0378. The van der Waals surface area contributed by atoms with E-state index in [1.807, 2.05) is 6.92 Å². The Kier molecular flexibility index (Phi) is 5.36. The second-order valence-electron chi connectivity index (χ2n) is 10.6. The number of ether oxygens (including phenoxy) is 1. The van der Waals surface area contributed by atoms with Gasteiger partial charge in [-0.25, -0.2) is 4.79 Å². The van der Waals surface area contributed by atoms with E-state index in [1.165, 1.54) is 31.1 Å². The number of nitrogens with zero attached hydrogens (tertiary/aromatic N) is 2. The van der Waals surface area contributed by atoms with E-state index in [-0.39, 0.29) is 23.5 Å². The molecule has 164 valence electrons. The van der Waals surface area contributed by atoms with Crippen molar-refractivity contribution in [3.05, 3.63) is 35.4 Å². The Labute approximate surface area is 180 Å². The van der Waals surface area contributed by atoms with Crippen LogP contribution in [0.25, 0.3) is 0 Å². The number of likely N-dealkylation sites (tertiary alicyclic amines) is 1. The Bertz CT molecular complexity index is 821. The number of methoxy groups -OCH3 is 1. The highest BCUT2D eigenvalue weighted by molar-refractivity contribution is 5.81. The van der Waals surface area contributed by atoms with Gasteiger partial charge in [0, 0.05) is 31.6 Å². The SMILES string of the molecule is COC(=O)N(C)C1(C)CC(C(=O)N2CCC3(CC(c4cccc(C(C)C)c4)C3)C2)C1. The van der Waals surface area contributed by atoms with Gasteiger partial charge in [0.2, 0.25) is 5.91 Å². The first-order valence-corrected chi connectivity index (χ1v) is 11.4. The van der Waals surface area contributed by atoms with Crippen molar-refractivity contribution in [1.29, 1.82) is 0 Å². The Hall–Kier alpha value is -2.04. The van der Waals surface area contributed by atoms with E-state index >= 15 is 0 Å². The van der Waals surface area contributed by atoms with Crippen LogP contribution in [0.15, 0.2) is 24.3 Å². The van der Waals surface area contributed by atoms with E-state index in [4.69, 9.17) is 4.74 Å². The Morgan fingerprint density at radius 1 is 1.20 bits per heavy atom. The van der Waals surface area contributed by atoms with Crippen molar-refractivity contribution < 1.29 is 14.3 Å². The van der Waals surface area contributed by atoms with Gasteiger partial charge in [-0.15, -0.1) is 0 Å². The maximum Gasteiger partial charge on any atom is 0.409 e. The maximum atomic E-state index is 13.1. The normalized spacial score (nSPS) is 32.7. The summed E-state index contributed by atoms with van der Waals surface area (Å²) >= 11 is 0. The fourth-order valence-electron chi connectivity index (χ4n) is 5.92. The van der Waals surface area contributed by atoms with Crippen LogP contribution in [0.4, 0.5) is 4.79 Å². The van der Waals surface area contributed by atoms with Crippen LogP contribution in [-0.4, -0.2) is 54.6 Å². The number of rotatable bonds is 4. The van der Waals surface area contributed by atoms with Crippen molar-refractivity contribution in [2.24, 2.45) is 11.3 Å². The van der Waals surface area contributed by atoms with Gasteiger partial charge in [-0.2, -0.15) is 0 Å². The third-order valence-corrected chi connectivity index (χ3v) is 8.14. The minimum atomic E-state index is -0.328. The van der Waals surface area contributed by atoms with E-state index in [0.29, 0.717) is 17.3 Å². The van der Waals surface area contributed by atoms with Gasteiger partial charge in [-0.05, 0) is 67.4 Å². The zero-order chi connectivity index (χ0) is 21.7. The molecule has 2 saturated carbocycles. The smallest absolute Gasteiger partial charge is 0.409 e. The molecule has 1 aromatic carbocycles. The van der Waals surface area contributed by atoms with Crippen LogP contribution in [0.2, 0.25) is 0 Å². The third kappa shape index (κ3) is 3.61. The number of benzene rings is 1. The molecule has 0 N–H and O–H groups in total. The monoisotopic (exact) mass is 412 g/mol. The molecule has 30 heavy (non-hydrogen) atoms. The Morgan fingerprint density at radius 2 is 1.90 bits per heavy atom. The first kappa shape index (κ1) is 21.2. The quantitative estimate of drug-likeness (QED) is 0.715. The largest absolute Gasteiger partial charge is 0.453 e. The predicted molar refractivity (Wildman–Crippen MR) is 117 cm³/mol. The molecule has 3 fully saturated rings. The summed E-state index contributed by atoms with van der Waals surface area (Å²) in [6.07, 6.45) is 4.66. The van der Waals surface area contributed by atoms with Crippen molar-refractivity contribution in [2.45, 2.75) is 70.3 Å². The van der Waals surface area contributed by atoms with E-state index in [1.54, 1.807) is 11.9 Å². The van der Waals surface area contributed by atoms with Crippen LogP contribution >= 0.6 is 0 Å². The fourth-order valence-corrected chi connectivity index (χ4v) is 5.92. The zero-order valence-electron chi connectivity index (χ0n) is 19.1. The molecule has 1 aliphatic heterocycles. The molecule has 5 nitrogen and oxygen atoms in total. The summed E-state index contributed by atoms with van der Waals surface area (Å²) in [5.41, 5.74) is 2.94. The van der Waals surface area contributed by atoms with E-state index in [0.717, 1.165) is 32.4 Å². The first-order valence-electron chi connectivity index (χ1n) is 11.4. The second kappa shape index (κ2) is 7.58. The van der Waals surface area contributed by atoms with Crippen LogP contribution < -0.4 is 0 Å². The molecule has 1 saturated heterocycles. The molecule has 2 aliphatic carbocycles. The Morgan fingerprint density at radius 3 is 2.53 bits per heavy atom. The van der Waals surface area contributed by atoms with Crippen molar-refractivity contribution in [2.75, 3.05) is 27.2 Å². The molecule has 4 rings (SSSR count). The van der Waals surface area contributed by atoms with E-state index < -0.39 is 0 Å². The van der Waals surface area contributed by atoms with Crippen molar-refractivity contribution in [3.63, 3.8) is 0 Å². The van der Waals surface area contributed by atoms with Gasteiger partial charge in [0.15, 0.2) is 0 Å². The predicted octanol–water partition coefficient (Wildman–Crippen LogP) is 4.77. The third-order valence-electron chi connectivity index (χ3n) is 8.14. The molecular weight excluding hydrogens is 376 g/mol. The van der Waals surface area contributed by atoms with Gasteiger partial charge in [-0.1, -0.05) is 38.1 Å². The van der Waals surface area contributed by atoms with Crippen molar-refractivity contribution >= 4 is 12.0 Å². The Balaban J connectivity index is 1.30. The van der Waals surface area contributed by atoms with Gasteiger partial charge in [0.25, 0.3) is 0 Å². The average molecular weight is 413 g/mol. The molecular formula is C25H36N2O3. The van der Waals surface area contributed by atoms with Crippen molar-refractivity contribution in [3.8, 4) is 0 Å². The summed E-state index contributed by atoms with van der Waals surface area (Å²) in [5.74, 6) is 1.52. The number of hydrogen-bond acceptors (Lipinski definition) is 3. The van der Waals surface area contributed by atoms with Gasteiger partial charge in [0.1, 0.15) is 0 Å². The molecule has 1 heterocycles. The average Bonchev–Trinajstić information content (AvgIpc) is 3.14. The first-order chi connectivity index (χ1) is 14.2. The topological polar surface area (TPSA) is 49.9 Å². The lowest BCUT2D eigenvalue weighted by Crippen LogP contribution is -2.59. The molecule has 2 amide bonds. The van der Waals surface area contributed by atoms with E-state index in [2.05, 4.69) is 43.0 Å². The van der Waals surface area contributed by atoms with Gasteiger partial charge < -0.3 is 14.5 Å². The van der Waals surface area contributed by atoms with Gasteiger partial charge in [-0.3, -0.25) is 4.79 Å². The summed E-state index contributed by atoms with van der Waals surface area (Å²) in [5, 5.41) is 0. The highest BCUT2D eigenvalue weighted by Gasteiger charge is 2.53. The molecule has 0 aromatic heterocycles. The molecule has 5 heteroatoms. The standard InChI is InChI=1S/C25H36N2O3/c1-17(2)18-7-6-8-19(11-18)20-14-25(15-20)9-10-27(16-25)22(28)21-12-24(3,13-21)26(4)23(29)30-5/h6-8,11,17,20-21H,9-10,12-16H2,1-5H3. The van der Waals surface area contributed by atoms with Crippen LogP contribution in [0, 0.1) is 11.3 Å². The summed E-state index contributed by atoms with van der Waals surface area (Å²) in [7, 11) is 3.16. The zero-order valence-corrected chi connectivity index (χ0v) is 19.1. The molecule has 0 unspecified atom stereocenters. The molecule has 3 aliphatic rings. The number of hydrogen-bond donors (Lipinski definition) is 0. The van der Waals surface area contributed by atoms with E-state index in [9.17, 15) is 9.59 Å². The number of amides is 2. The minimum Gasteiger partial charge on any atom is -0.453 e. The summed E-state index contributed by atoms with van der Waals surface area (Å²) in [4.78, 5) is 28.6. The van der Waals surface area contributed by atoms with Crippen LogP contribution in [0.1, 0.15) is 75.8 Å². The molecule has 1 spiro atoms.